The molecule has 0 atom stereocenters. The van der Waals surface area contributed by atoms with Gasteiger partial charge < -0.3 is 28.6 Å². The second-order valence-corrected chi connectivity index (χ2v) is 32.7. The number of nitrogens with zero attached hydrogens (tertiary/aromatic N) is 2. The maximum atomic E-state index is 5.25. The Bertz CT molecular complexity index is 5120. The summed E-state index contributed by atoms with van der Waals surface area (Å²) in [5.74, 6) is 0. The Labute approximate surface area is 646 Å². The molecule has 0 bridgehead atoms. The summed E-state index contributed by atoms with van der Waals surface area (Å²) in [6, 6.07) is 101. The van der Waals surface area contributed by atoms with Crippen LogP contribution in [0.25, 0.3) is 75.9 Å². The lowest BCUT2D eigenvalue weighted by Crippen LogP contribution is -2.34. The zero-order valence-electron chi connectivity index (χ0n) is 59.8. The number of hydrogen-bond donors (Lipinski definition) is 2. The first kappa shape index (κ1) is 74.0. The van der Waals surface area contributed by atoms with Gasteiger partial charge in [0.2, 0.25) is 0 Å². The van der Waals surface area contributed by atoms with Crippen molar-refractivity contribution in [1.82, 2.24) is 9.97 Å². The summed E-state index contributed by atoms with van der Waals surface area (Å²) in [7, 11) is 3.91. The molecule has 0 spiro atoms. The standard InChI is InChI=1S/C13H12.C12H15N.C12H9N.C12H10Si.C10H6O2.C8H7N.C8H11N.C8H6S.C6H4S4.C5H6/c1-3-7-12(8-4-1)11-13-9-5-2-6-10-13;1-4-10-6-2-8-13-9-3-7-11(5-1)12(10)13;2*1-3-7-11-9(5-1)10-6-2-4-8-12(10)13-11;1-3-11-9-6-8-2-4-12-10(8)5-7(1)9;1-2-4-8-7(3-1)5-6-9-8;1-9(2)8-6-4-3-5-7-8;1-2-4-8-7(3-1)5-6-9-8;1-2-8-5(7-1)6-9-3-4-10-6;1-2-4-5-3-1/h1-10H,11H2;1,4-5H,2-3,6-9H2;1-8,13H;1-8H,13H2;1-6H;1-6,9H;3-7H,1-2H3;1-6H;1-4H;1-4H,5H2. The third-order valence-corrected chi connectivity index (χ3v) is 25.9. The largest absolute Gasteiger partial charge is 0.464 e. The Morgan fingerprint density at radius 3 is 1.41 bits per heavy atom. The number of thioether (sulfide) groups is 4. The summed E-state index contributed by atoms with van der Waals surface area (Å²) in [6.45, 7) is 2.56. The van der Waals surface area contributed by atoms with Crippen LogP contribution in [0.15, 0.2) is 379 Å². The van der Waals surface area contributed by atoms with E-state index in [4.69, 9.17) is 8.83 Å². The van der Waals surface area contributed by atoms with Crippen molar-refractivity contribution in [2.24, 2.45) is 0 Å². The average Bonchev–Trinajstić information content (AvgIpc) is 1.64. The van der Waals surface area contributed by atoms with Gasteiger partial charge >= 0.3 is 0 Å². The predicted molar refractivity (Wildman–Crippen MR) is 472 cm³/mol. The summed E-state index contributed by atoms with van der Waals surface area (Å²) in [6.07, 6.45) is 21.1. The van der Waals surface area contributed by atoms with E-state index in [1.807, 2.05) is 122 Å². The van der Waals surface area contributed by atoms with Crippen molar-refractivity contribution >= 4 is 154 Å². The second-order valence-electron chi connectivity index (χ2n) is 25.7. The van der Waals surface area contributed by atoms with Crippen LogP contribution in [0.5, 0.6) is 0 Å². The Balaban J connectivity index is 0.000000105. The molecule has 6 nitrogen and oxygen atoms in total. The lowest BCUT2D eigenvalue weighted by atomic mass is 9.92. The van der Waals surface area contributed by atoms with Gasteiger partial charge in [-0.1, -0.05) is 300 Å². The number of rotatable bonds is 3. The number of hydrogen-bond acceptors (Lipinski definition) is 9. The topological polar surface area (TPSA) is 64.3 Å². The van der Waals surface area contributed by atoms with Gasteiger partial charge in [-0.25, -0.2) is 0 Å². The van der Waals surface area contributed by atoms with Crippen LogP contribution in [-0.2, 0) is 19.3 Å². The van der Waals surface area contributed by atoms with Crippen LogP contribution in [0.3, 0.4) is 0 Å². The third-order valence-electron chi connectivity index (χ3n) is 18.2. The number of H-pyrrole nitrogens is 2. The average molecular weight is 1490 g/mol. The zero-order chi connectivity index (χ0) is 72.2. The van der Waals surface area contributed by atoms with Gasteiger partial charge in [0.15, 0.2) is 0 Å². The van der Waals surface area contributed by atoms with Crippen LogP contribution in [0.1, 0.15) is 41.5 Å². The first-order valence-electron chi connectivity index (χ1n) is 36.0. The van der Waals surface area contributed by atoms with Crippen LogP contribution < -0.4 is 20.2 Å². The molecule has 0 saturated carbocycles. The number of aromatic amines is 2. The lowest BCUT2D eigenvalue weighted by Gasteiger charge is -2.36. The van der Waals surface area contributed by atoms with E-state index in [0.29, 0.717) is 0 Å². The summed E-state index contributed by atoms with van der Waals surface area (Å²) < 4.78 is 14.7. The number of furan rings is 2. The molecule has 6 aliphatic rings. The van der Waals surface area contributed by atoms with E-state index < -0.39 is 0 Å². The molecule has 16 aromatic rings. The van der Waals surface area contributed by atoms with Crippen molar-refractivity contribution in [2.45, 2.75) is 38.5 Å². The maximum Gasteiger partial charge on any atom is 0.134 e. The number of fused-ring (bicyclic) bond motifs is 10. The molecule has 2 N–H and O–H groups in total. The zero-order valence-corrected chi connectivity index (χ0v) is 65.3. The molecular formula is C94H86N4O2S5Si. The molecule has 0 saturated heterocycles. The highest BCUT2D eigenvalue weighted by Crippen LogP contribution is 2.50. The third kappa shape index (κ3) is 20.8. The highest BCUT2D eigenvalue weighted by atomic mass is 32.2. The summed E-state index contributed by atoms with van der Waals surface area (Å²) in [5, 5.41) is 21.2. The molecule has 0 radical (unpaired) electrons. The summed E-state index contributed by atoms with van der Waals surface area (Å²) in [4.78, 5) is 11.2. The van der Waals surface area contributed by atoms with Crippen LogP contribution in [0, 0.1) is 0 Å². The maximum absolute atomic E-state index is 5.25. The number of thiophene rings is 1. The number of anilines is 2. The second kappa shape index (κ2) is 39.2. The molecule has 0 amide bonds. The van der Waals surface area contributed by atoms with Gasteiger partial charge in [0.05, 0.1) is 30.5 Å². The van der Waals surface area contributed by atoms with Gasteiger partial charge in [0, 0.05) is 87.6 Å². The SMILES string of the molecule is C1=CCC=C1.C1=CSC(=C2SC=CS2)S1.CN(C)c1ccccc1.c1cc2c3c(c1)CCCN3CCC2.c1cc2cc3occc3cc2o1.c1ccc(Cc2ccccc2)cc1.c1ccc2[nH]ccc2c1.c1ccc2c(c1)[SiH2]c1ccccc1-2.c1ccc2c(c1)[nH]c1ccccc12.c1ccc2sccc2c1. The van der Waals surface area contributed by atoms with Gasteiger partial charge in [-0.05, 0) is 182 Å². The van der Waals surface area contributed by atoms with E-state index in [1.54, 1.807) is 51.1 Å². The number of nitrogens with one attached hydrogen (secondary N) is 2. The number of benzene rings is 11. The lowest BCUT2D eigenvalue weighted by molar-refractivity contribution is 0.612. The van der Waals surface area contributed by atoms with Crippen molar-refractivity contribution in [2.75, 3.05) is 37.0 Å². The van der Waals surface area contributed by atoms with Crippen molar-refractivity contribution in [3.63, 3.8) is 0 Å². The molecule has 528 valence electrons. The number of allylic oxidation sites excluding steroid dienone is 4. The Morgan fingerprint density at radius 1 is 0.434 bits per heavy atom. The van der Waals surface area contributed by atoms with Crippen molar-refractivity contribution in [3.05, 3.63) is 392 Å². The van der Waals surface area contributed by atoms with E-state index >= 15 is 0 Å². The van der Waals surface area contributed by atoms with Gasteiger partial charge in [-0.15, -0.1) is 11.3 Å². The molecule has 12 heteroatoms. The minimum absolute atomic E-state index is 0.160. The highest BCUT2D eigenvalue weighted by molar-refractivity contribution is 8.33. The van der Waals surface area contributed by atoms with Crippen molar-refractivity contribution < 1.29 is 8.83 Å². The molecular weight excluding hydrogens is 1410 g/mol. The van der Waals surface area contributed by atoms with Crippen molar-refractivity contribution in [3.8, 4) is 11.1 Å². The Hall–Kier alpha value is -10.3. The first-order valence-corrected chi connectivity index (χ1v) is 41.8. The smallest absolute Gasteiger partial charge is 0.134 e. The number of aromatic nitrogens is 2. The Morgan fingerprint density at radius 2 is 0.906 bits per heavy atom. The van der Waals surface area contributed by atoms with Crippen molar-refractivity contribution in [1.29, 1.82) is 0 Å². The minimum Gasteiger partial charge on any atom is -0.464 e. The van der Waals surface area contributed by atoms with E-state index in [9.17, 15) is 0 Å². The van der Waals surface area contributed by atoms with Crippen LogP contribution in [0.2, 0.25) is 0 Å². The van der Waals surface area contributed by atoms with E-state index in [1.165, 1.54) is 118 Å². The van der Waals surface area contributed by atoms with Crippen LogP contribution in [0.4, 0.5) is 11.4 Å². The van der Waals surface area contributed by atoms with E-state index in [-0.39, 0.29) is 9.52 Å². The van der Waals surface area contributed by atoms with Gasteiger partial charge in [0.1, 0.15) is 11.2 Å². The van der Waals surface area contributed by atoms with E-state index in [0.717, 1.165) is 34.8 Å². The Kier molecular flexibility index (Phi) is 27.4. The molecule has 22 rings (SSSR count). The molecule has 11 aromatic carbocycles. The number of para-hydroxylation sites is 5. The summed E-state index contributed by atoms with van der Waals surface area (Å²) >= 11 is 9.07. The highest BCUT2D eigenvalue weighted by Gasteiger charge is 2.23. The molecule has 5 aliphatic heterocycles. The number of aryl methyl sites for hydroxylation is 2. The van der Waals surface area contributed by atoms with Gasteiger partial charge in [-0.2, -0.15) is 0 Å². The summed E-state index contributed by atoms with van der Waals surface area (Å²) in [5.41, 5.74) is 17.1. The molecule has 0 unspecified atom stereocenters. The minimum atomic E-state index is -0.160. The first-order chi connectivity index (χ1) is 52.4. The fraction of sp³-hybridized carbons (Fsp3) is 0.106. The molecule has 10 heterocycles. The molecule has 1 aliphatic carbocycles. The fourth-order valence-corrected chi connectivity index (χ4v) is 19.8. The normalized spacial score (nSPS) is 13.3. The fourth-order valence-electron chi connectivity index (χ4n) is 13.1. The van der Waals surface area contributed by atoms with Crippen LogP contribution in [-0.4, -0.2) is 46.7 Å². The molecule has 5 aromatic heterocycles. The molecule has 106 heavy (non-hydrogen) atoms. The molecule has 0 fully saturated rings. The van der Waals surface area contributed by atoms with Gasteiger partial charge in [-0.3, -0.25) is 0 Å². The van der Waals surface area contributed by atoms with E-state index in [2.05, 4.69) is 308 Å². The van der Waals surface area contributed by atoms with Gasteiger partial charge in [0.25, 0.3) is 0 Å². The predicted octanol–water partition coefficient (Wildman–Crippen LogP) is 25.3. The monoisotopic (exact) mass is 1490 g/mol. The quantitative estimate of drug-likeness (QED) is 0.170. The van der Waals surface area contributed by atoms with Crippen LogP contribution >= 0.6 is 58.4 Å².